The zero-order chi connectivity index (χ0) is 52.9. The fraction of sp³-hybridized carbons (Fsp3) is 0.537. The van der Waals surface area contributed by atoms with Gasteiger partial charge in [0.25, 0.3) is 0 Å². The fourth-order valence-electron chi connectivity index (χ4n) is 7.01. The van der Waals surface area contributed by atoms with Gasteiger partial charge in [-0.1, -0.05) is 242 Å². The van der Waals surface area contributed by atoms with Gasteiger partial charge in [-0.05, 0) is 122 Å². The van der Waals surface area contributed by atoms with Crippen LogP contribution in [0.15, 0.2) is 170 Å². The minimum absolute atomic E-state index is 0.127. The highest BCUT2D eigenvalue weighted by Gasteiger charge is 2.19. The molecule has 0 bridgehead atoms. The number of carbonyl (C=O) groups is 3. The van der Waals surface area contributed by atoms with E-state index in [9.17, 15) is 14.4 Å². The van der Waals surface area contributed by atoms with Crippen molar-refractivity contribution < 1.29 is 28.6 Å². The lowest BCUT2D eigenvalue weighted by molar-refractivity contribution is -0.166. The summed E-state index contributed by atoms with van der Waals surface area (Å²) < 4.78 is 16.6. The number of hydrogen-bond donors (Lipinski definition) is 0. The first kappa shape index (κ1) is 67.8. The molecule has 0 rings (SSSR count). The van der Waals surface area contributed by atoms with Crippen LogP contribution in [-0.4, -0.2) is 37.2 Å². The molecule has 0 aliphatic carbocycles. The molecule has 0 aliphatic rings. The summed E-state index contributed by atoms with van der Waals surface area (Å²) in [4.78, 5) is 37.9. The second kappa shape index (κ2) is 59.3. The van der Waals surface area contributed by atoms with E-state index in [0.717, 1.165) is 122 Å². The SMILES string of the molecule is CC/C=C\C/C=C\C/C=C\C/C=C\C/C=C\C/C=C\C/C=C\C/C=C\C/C=C\C/C=C\CCCCC(=O)OCC(COC(=O)CCCCCCCCCCC)OC(=O)CC/C=C\C/C=C\C/C=C\C/C=C\CC. The molecule has 0 spiro atoms. The summed E-state index contributed by atoms with van der Waals surface area (Å²) in [5, 5.41) is 0. The molecule has 73 heavy (non-hydrogen) atoms. The van der Waals surface area contributed by atoms with Crippen LogP contribution in [0.25, 0.3) is 0 Å². The number of carbonyl (C=O) groups excluding carboxylic acids is 3. The molecule has 1 atom stereocenters. The van der Waals surface area contributed by atoms with Crippen molar-refractivity contribution in [3.05, 3.63) is 170 Å². The number of unbranched alkanes of at least 4 members (excludes halogenated alkanes) is 10. The molecule has 0 aromatic rings. The fourth-order valence-corrected chi connectivity index (χ4v) is 7.01. The smallest absolute Gasteiger partial charge is 0.306 e. The lowest BCUT2D eigenvalue weighted by Gasteiger charge is -2.18. The van der Waals surface area contributed by atoms with Gasteiger partial charge in [0.05, 0.1) is 0 Å². The number of allylic oxidation sites excluding steroid dienone is 28. The van der Waals surface area contributed by atoms with E-state index < -0.39 is 12.1 Å². The Bertz CT molecular complexity index is 1720. The number of hydrogen-bond acceptors (Lipinski definition) is 6. The Morgan fingerprint density at radius 1 is 0.288 bits per heavy atom. The standard InChI is InChI=1S/C67H102O6/c1-4-7-10-13-16-19-21-23-24-25-26-27-28-29-30-31-32-33-34-35-36-37-38-39-40-41-42-44-45-48-51-54-57-60-66(69)72-63-64(62-71-65(68)59-56-53-50-47-18-15-12-9-6-3)73-67(70)61-58-55-52-49-46-43-22-20-17-14-11-8-5-2/h7-8,10-11,16-17,19-20,23-24,26-27,29-30,32-33,35-36,38-39,41-43,45-46,48,52,55,64H,4-6,9,12-15,18,21-22,25,28,31,34,37,40,44,47,49-51,53-54,56-63H2,1-3H3/b10-7-,11-8-,19-16-,20-17-,24-23-,27-26-,30-29-,33-32-,36-35-,39-38-,42-41-,46-43-,48-45-,55-52-. The molecule has 0 aliphatic heterocycles. The average Bonchev–Trinajstić information content (AvgIpc) is 3.39. The van der Waals surface area contributed by atoms with Crippen molar-refractivity contribution >= 4 is 17.9 Å². The van der Waals surface area contributed by atoms with Crippen molar-refractivity contribution in [2.24, 2.45) is 0 Å². The second-order valence-corrected chi connectivity index (χ2v) is 18.1. The van der Waals surface area contributed by atoms with E-state index in [1.165, 1.54) is 38.5 Å². The molecule has 0 saturated carbocycles. The Morgan fingerprint density at radius 2 is 0.562 bits per heavy atom. The van der Waals surface area contributed by atoms with E-state index in [2.05, 4.69) is 179 Å². The van der Waals surface area contributed by atoms with E-state index in [0.29, 0.717) is 19.3 Å². The van der Waals surface area contributed by atoms with Crippen molar-refractivity contribution in [3.63, 3.8) is 0 Å². The maximum atomic E-state index is 12.7. The van der Waals surface area contributed by atoms with E-state index in [4.69, 9.17) is 14.2 Å². The van der Waals surface area contributed by atoms with Crippen LogP contribution in [0.1, 0.15) is 213 Å². The normalized spacial score (nSPS) is 13.4. The van der Waals surface area contributed by atoms with Crippen LogP contribution in [0, 0.1) is 0 Å². The lowest BCUT2D eigenvalue weighted by atomic mass is 10.1. The topological polar surface area (TPSA) is 78.9 Å². The molecule has 0 aromatic carbocycles. The maximum absolute atomic E-state index is 12.7. The monoisotopic (exact) mass is 1000 g/mol. The molecule has 6 nitrogen and oxygen atoms in total. The molecule has 0 radical (unpaired) electrons. The van der Waals surface area contributed by atoms with Gasteiger partial charge in [-0.15, -0.1) is 0 Å². The van der Waals surface area contributed by atoms with Gasteiger partial charge in [-0.25, -0.2) is 0 Å². The lowest BCUT2D eigenvalue weighted by Crippen LogP contribution is -2.30. The van der Waals surface area contributed by atoms with E-state index >= 15 is 0 Å². The summed E-state index contributed by atoms with van der Waals surface area (Å²) in [6, 6.07) is 0. The van der Waals surface area contributed by atoms with Gasteiger partial charge in [0, 0.05) is 19.3 Å². The quantitative estimate of drug-likeness (QED) is 0.0261. The van der Waals surface area contributed by atoms with Crippen LogP contribution in [0.3, 0.4) is 0 Å². The summed E-state index contributed by atoms with van der Waals surface area (Å²) in [6.07, 6.45) is 88.1. The molecular formula is C67H102O6. The van der Waals surface area contributed by atoms with Crippen LogP contribution in [0.5, 0.6) is 0 Å². The van der Waals surface area contributed by atoms with Crippen LogP contribution >= 0.6 is 0 Å². The molecule has 0 saturated heterocycles. The molecule has 1 unspecified atom stereocenters. The van der Waals surface area contributed by atoms with Crippen LogP contribution in [0.4, 0.5) is 0 Å². The van der Waals surface area contributed by atoms with Crippen LogP contribution in [0.2, 0.25) is 0 Å². The largest absolute Gasteiger partial charge is 0.462 e. The Hall–Kier alpha value is -5.23. The molecule has 0 fully saturated rings. The van der Waals surface area contributed by atoms with Crippen LogP contribution in [-0.2, 0) is 28.6 Å². The summed E-state index contributed by atoms with van der Waals surface area (Å²) in [6.45, 7) is 6.26. The van der Waals surface area contributed by atoms with E-state index in [1.807, 2.05) is 12.2 Å². The van der Waals surface area contributed by atoms with Crippen molar-refractivity contribution in [2.45, 2.75) is 219 Å². The predicted molar refractivity (Wildman–Crippen MR) is 315 cm³/mol. The van der Waals surface area contributed by atoms with Gasteiger partial charge in [0.1, 0.15) is 13.2 Å². The van der Waals surface area contributed by atoms with E-state index in [-0.39, 0.29) is 38.0 Å². The molecule has 6 heteroatoms. The molecule has 0 heterocycles. The Morgan fingerprint density at radius 3 is 0.890 bits per heavy atom. The highest BCUT2D eigenvalue weighted by Crippen LogP contribution is 2.12. The molecular weight excluding hydrogens is 901 g/mol. The van der Waals surface area contributed by atoms with Crippen molar-refractivity contribution in [3.8, 4) is 0 Å². The predicted octanol–water partition coefficient (Wildman–Crippen LogP) is 19.5. The van der Waals surface area contributed by atoms with E-state index in [1.54, 1.807) is 0 Å². The van der Waals surface area contributed by atoms with Gasteiger partial charge in [0.2, 0.25) is 0 Å². The first-order valence-corrected chi connectivity index (χ1v) is 28.6. The van der Waals surface area contributed by atoms with Crippen molar-refractivity contribution in [2.75, 3.05) is 13.2 Å². The molecule has 0 N–H and O–H groups in total. The highest BCUT2D eigenvalue weighted by molar-refractivity contribution is 5.71. The molecule has 0 amide bonds. The zero-order valence-electron chi connectivity index (χ0n) is 46.3. The van der Waals surface area contributed by atoms with Gasteiger partial charge in [0.15, 0.2) is 6.10 Å². The summed E-state index contributed by atoms with van der Waals surface area (Å²) in [5.74, 6) is -1.07. The van der Waals surface area contributed by atoms with Gasteiger partial charge < -0.3 is 14.2 Å². The third-order valence-corrected chi connectivity index (χ3v) is 11.2. The Kier molecular flexibility index (Phi) is 55.1. The summed E-state index contributed by atoms with van der Waals surface area (Å²) in [7, 11) is 0. The zero-order valence-corrected chi connectivity index (χ0v) is 46.3. The maximum Gasteiger partial charge on any atom is 0.306 e. The minimum atomic E-state index is -0.839. The highest BCUT2D eigenvalue weighted by atomic mass is 16.6. The Balaban J connectivity index is 4.35. The molecule has 0 aromatic heterocycles. The third kappa shape index (κ3) is 57.5. The Labute approximate surface area is 447 Å². The third-order valence-electron chi connectivity index (χ3n) is 11.2. The van der Waals surface area contributed by atoms with Crippen molar-refractivity contribution in [1.82, 2.24) is 0 Å². The number of rotatable bonds is 49. The summed E-state index contributed by atoms with van der Waals surface area (Å²) in [5.41, 5.74) is 0. The first-order chi connectivity index (χ1) is 36.0. The molecule has 406 valence electrons. The minimum Gasteiger partial charge on any atom is -0.462 e. The van der Waals surface area contributed by atoms with Gasteiger partial charge >= 0.3 is 17.9 Å². The van der Waals surface area contributed by atoms with Gasteiger partial charge in [-0.2, -0.15) is 0 Å². The van der Waals surface area contributed by atoms with Crippen molar-refractivity contribution in [1.29, 1.82) is 0 Å². The summed E-state index contributed by atoms with van der Waals surface area (Å²) >= 11 is 0. The first-order valence-electron chi connectivity index (χ1n) is 28.6. The number of ether oxygens (including phenoxy) is 3. The second-order valence-electron chi connectivity index (χ2n) is 18.1. The van der Waals surface area contributed by atoms with Crippen LogP contribution < -0.4 is 0 Å². The number of esters is 3. The average molecular weight is 1000 g/mol. The van der Waals surface area contributed by atoms with Gasteiger partial charge in [-0.3, -0.25) is 14.4 Å².